The van der Waals surface area contributed by atoms with E-state index in [4.69, 9.17) is 0 Å². The topological polar surface area (TPSA) is 0 Å². The normalized spacial score (nSPS) is 32.1. The van der Waals surface area contributed by atoms with E-state index in [1.54, 1.807) is 17.0 Å². The van der Waals surface area contributed by atoms with Crippen LogP contribution in [0.1, 0.15) is 60.3 Å². The summed E-state index contributed by atoms with van der Waals surface area (Å²) in [6.45, 7) is 0. The summed E-state index contributed by atoms with van der Waals surface area (Å²) in [5.74, 6) is 2.26. The highest BCUT2D eigenvalue weighted by Gasteiger charge is 2.68. The molecule has 4 aliphatic carbocycles. The lowest BCUT2D eigenvalue weighted by Gasteiger charge is -2.70. The molecule has 1 radical (unpaired) electrons. The fourth-order valence-corrected chi connectivity index (χ4v) is 8.56. The van der Waals surface area contributed by atoms with Gasteiger partial charge in [0, 0.05) is 5.41 Å². The van der Waals surface area contributed by atoms with Crippen LogP contribution in [0.4, 0.5) is 0 Å². The van der Waals surface area contributed by atoms with Crippen molar-refractivity contribution in [2.24, 2.45) is 0 Å². The number of rotatable bonds is 4. The van der Waals surface area contributed by atoms with Crippen LogP contribution in [0.25, 0.3) is 0 Å². The second kappa shape index (κ2) is 7.44. The van der Waals surface area contributed by atoms with Crippen LogP contribution in [0, 0.1) is 5.92 Å². The molecule has 4 aromatic rings. The zero-order valence-electron chi connectivity index (χ0n) is 19.7. The zero-order valence-corrected chi connectivity index (χ0v) is 19.7. The summed E-state index contributed by atoms with van der Waals surface area (Å²) in [5.41, 5.74) is 6.62. The van der Waals surface area contributed by atoms with Crippen molar-refractivity contribution in [1.29, 1.82) is 0 Å². The van der Waals surface area contributed by atoms with Crippen LogP contribution in [0.15, 0.2) is 121 Å². The smallest absolute Gasteiger partial charge is 0.00441 e. The van der Waals surface area contributed by atoms with Crippen molar-refractivity contribution in [3.63, 3.8) is 0 Å². The number of hydrogen-bond acceptors (Lipinski definition) is 0. The van der Waals surface area contributed by atoms with Crippen molar-refractivity contribution in [2.75, 3.05) is 0 Å². The van der Waals surface area contributed by atoms with Crippen molar-refractivity contribution in [3.05, 3.63) is 149 Å². The Kier molecular flexibility index (Phi) is 4.44. The van der Waals surface area contributed by atoms with Crippen LogP contribution in [-0.4, -0.2) is 0 Å². The van der Waals surface area contributed by atoms with Crippen LogP contribution in [0.5, 0.6) is 0 Å². The average Bonchev–Trinajstić information content (AvgIpc) is 2.90. The summed E-state index contributed by atoms with van der Waals surface area (Å²) < 4.78 is 0. The predicted octanol–water partition coefficient (Wildman–Crippen LogP) is 8.15. The van der Waals surface area contributed by atoms with E-state index < -0.39 is 0 Å². The van der Waals surface area contributed by atoms with E-state index in [2.05, 4.69) is 121 Å². The van der Waals surface area contributed by atoms with Gasteiger partial charge in [0.05, 0.1) is 0 Å². The van der Waals surface area contributed by atoms with Gasteiger partial charge in [-0.3, -0.25) is 0 Å². The first-order valence-electron chi connectivity index (χ1n) is 12.8. The molecule has 167 valence electrons. The molecule has 0 aliphatic heterocycles. The molecule has 0 N–H and O–H groups in total. The Balaban J connectivity index is 1.50. The highest BCUT2D eigenvalue weighted by molar-refractivity contribution is 5.53. The summed E-state index contributed by atoms with van der Waals surface area (Å²) in [6, 6.07) is 45.9. The molecule has 3 unspecified atom stereocenters. The van der Waals surface area contributed by atoms with Gasteiger partial charge in [0.15, 0.2) is 0 Å². The standard InChI is InChI=1S/C34H31/c1-5-13-26(14-6-1)31-27-21-32(28-15-7-2-8-16-28)23-33(22-27,29-17-9-3-10-18-29)25-34(31,24-32)30-19-11-4-12-20-30/h1-20,31H,21-25H2. The summed E-state index contributed by atoms with van der Waals surface area (Å²) in [7, 11) is 0. The minimum absolute atomic E-state index is 0.110. The maximum Gasteiger partial charge on any atom is 0.00441 e. The Hall–Kier alpha value is -3.12. The molecule has 0 heteroatoms. The summed E-state index contributed by atoms with van der Waals surface area (Å²) in [6.07, 6.45) is 6.16. The number of hydrogen-bond donors (Lipinski definition) is 0. The summed E-state index contributed by atoms with van der Waals surface area (Å²) in [5, 5.41) is 0. The van der Waals surface area contributed by atoms with Crippen molar-refractivity contribution >= 4 is 0 Å². The molecule has 0 nitrogen and oxygen atoms in total. The predicted molar refractivity (Wildman–Crippen MR) is 140 cm³/mol. The van der Waals surface area contributed by atoms with E-state index in [1.165, 1.54) is 43.2 Å². The Morgan fingerprint density at radius 1 is 0.441 bits per heavy atom. The fraction of sp³-hybridized carbons (Fsp3) is 0.265. The Morgan fingerprint density at radius 3 is 1.32 bits per heavy atom. The maximum atomic E-state index is 2.42. The molecule has 4 fully saturated rings. The molecule has 4 bridgehead atoms. The van der Waals surface area contributed by atoms with Crippen molar-refractivity contribution < 1.29 is 0 Å². The first-order chi connectivity index (χ1) is 16.7. The highest BCUT2D eigenvalue weighted by atomic mass is 14.7. The second-order valence-electron chi connectivity index (χ2n) is 11.2. The zero-order chi connectivity index (χ0) is 22.6. The van der Waals surface area contributed by atoms with E-state index in [-0.39, 0.29) is 16.2 Å². The Labute approximate surface area is 203 Å². The lowest BCUT2D eigenvalue weighted by Crippen LogP contribution is -2.64. The molecule has 0 aromatic heterocycles. The van der Waals surface area contributed by atoms with Gasteiger partial charge in [0.1, 0.15) is 0 Å². The third-order valence-electron chi connectivity index (χ3n) is 9.33. The van der Waals surface area contributed by atoms with Gasteiger partial charge in [0.2, 0.25) is 0 Å². The molecule has 4 aromatic carbocycles. The van der Waals surface area contributed by atoms with Crippen molar-refractivity contribution in [2.45, 2.75) is 54.3 Å². The van der Waals surface area contributed by atoms with Gasteiger partial charge >= 0.3 is 0 Å². The first kappa shape index (κ1) is 20.3. The van der Waals surface area contributed by atoms with E-state index in [9.17, 15) is 0 Å². The van der Waals surface area contributed by atoms with Gasteiger partial charge in [-0.1, -0.05) is 121 Å². The summed E-state index contributed by atoms with van der Waals surface area (Å²) in [4.78, 5) is 0. The van der Waals surface area contributed by atoms with Gasteiger partial charge in [-0.15, -0.1) is 0 Å². The molecular formula is C34H31. The minimum Gasteiger partial charge on any atom is -0.0622 e. The lowest BCUT2D eigenvalue weighted by molar-refractivity contribution is -0.00589. The van der Waals surface area contributed by atoms with Gasteiger partial charge in [-0.2, -0.15) is 0 Å². The van der Waals surface area contributed by atoms with Gasteiger partial charge in [-0.05, 0) is 77.0 Å². The highest BCUT2D eigenvalue weighted by Crippen LogP contribution is 2.75. The first-order valence-corrected chi connectivity index (χ1v) is 12.8. The van der Waals surface area contributed by atoms with Crippen LogP contribution < -0.4 is 0 Å². The lowest BCUT2D eigenvalue weighted by atomic mass is 9.33. The summed E-state index contributed by atoms with van der Waals surface area (Å²) >= 11 is 0. The van der Waals surface area contributed by atoms with E-state index in [0.717, 1.165) is 0 Å². The third kappa shape index (κ3) is 2.84. The molecule has 0 heterocycles. The fourth-order valence-electron chi connectivity index (χ4n) is 8.56. The van der Waals surface area contributed by atoms with E-state index >= 15 is 0 Å². The molecule has 0 spiro atoms. The van der Waals surface area contributed by atoms with Crippen LogP contribution in [0.2, 0.25) is 0 Å². The molecule has 0 saturated heterocycles. The van der Waals surface area contributed by atoms with Gasteiger partial charge in [-0.25, -0.2) is 0 Å². The third-order valence-corrected chi connectivity index (χ3v) is 9.33. The Bertz CT molecular complexity index is 1220. The van der Waals surface area contributed by atoms with Crippen LogP contribution in [0.3, 0.4) is 0 Å². The Morgan fingerprint density at radius 2 is 0.853 bits per heavy atom. The molecule has 4 aliphatic rings. The second-order valence-corrected chi connectivity index (χ2v) is 11.2. The van der Waals surface area contributed by atoms with Gasteiger partial charge in [0.25, 0.3) is 0 Å². The molecule has 0 amide bonds. The van der Waals surface area contributed by atoms with Crippen LogP contribution >= 0.6 is 0 Å². The molecular weight excluding hydrogens is 408 g/mol. The van der Waals surface area contributed by atoms with Crippen molar-refractivity contribution in [3.8, 4) is 0 Å². The molecule has 3 atom stereocenters. The van der Waals surface area contributed by atoms with Crippen molar-refractivity contribution in [1.82, 2.24) is 0 Å². The number of benzene rings is 4. The molecule has 4 saturated carbocycles. The largest absolute Gasteiger partial charge is 0.0622 e. The van der Waals surface area contributed by atoms with E-state index in [0.29, 0.717) is 5.92 Å². The van der Waals surface area contributed by atoms with Crippen LogP contribution in [-0.2, 0) is 16.2 Å². The maximum absolute atomic E-state index is 2.42. The molecule has 8 rings (SSSR count). The van der Waals surface area contributed by atoms with Gasteiger partial charge < -0.3 is 0 Å². The van der Waals surface area contributed by atoms with E-state index in [1.807, 2.05) is 0 Å². The monoisotopic (exact) mass is 439 g/mol. The average molecular weight is 440 g/mol. The quantitative estimate of drug-likeness (QED) is 0.301. The molecule has 34 heavy (non-hydrogen) atoms. The SMILES string of the molecule is c1ccc(C2[C]3CC4(c5ccccc5)CC(c5ccccc5)(C3)CC2(c2ccccc2)C4)cc1. The minimum atomic E-state index is 0.110.